The molecule has 2 atom stereocenters. The molecule has 0 radical (unpaired) electrons. The number of carbonyl (C=O) groups is 2. The maximum atomic E-state index is 12.2. The molecular weight excluding hydrogens is 222 g/mol. The van der Waals surface area contributed by atoms with Gasteiger partial charge in [0.25, 0.3) is 0 Å². The lowest BCUT2D eigenvalue weighted by Gasteiger charge is -2.24. The largest absolute Gasteiger partial charge is 0.480 e. The summed E-state index contributed by atoms with van der Waals surface area (Å²) in [6, 6.07) is -0.701. The number of aliphatic carboxylic acids is 1. The van der Waals surface area contributed by atoms with Gasteiger partial charge in [-0.25, -0.2) is 4.79 Å². The van der Waals surface area contributed by atoms with E-state index in [9.17, 15) is 9.59 Å². The average molecular weight is 241 g/mol. The van der Waals surface area contributed by atoms with Crippen LogP contribution in [0, 0.1) is 5.92 Å². The van der Waals surface area contributed by atoms with Crippen molar-refractivity contribution >= 4 is 11.9 Å². The number of nitrogens with zero attached hydrogens (tertiary/aromatic N) is 1. The Balaban J connectivity index is 2.06. The number of hydrogen-bond acceptors (Lipinski definition) is 3. The minimum Gasteiger partial charge on any atom is -0.480 e. The zero-order valence-corrected chi connectivity index (χ0v) is 10.1. The zero-order valence-electron chi connectivity index (χ0n) is 10.1. The van der Waals surface area contributed by atoms with Gasteiger partial charge in [0.05, 0.1) is 6.10 Å². The highest BCUT2D eigenvalue weighted by molar-refractivity contribution is 5.86. The number of carboxylic acid groups (broad SMARTS) is 1. The molecule has 1 heterocycles. The first kappa shape index (κ1) is 12.4. The van der Waals surface area contributed by atoms with E-state index in [1.165, 1.54) is 4.90 Å². The molecule has 2 unspecified atom stereocenters. The molecule has 1 aliphatic heterocycles. The van der Waals surface area contributed by atoms with Crippen LogP contribution in [-0.4, -0.2) is 47.7 Å². The smallest absolute Gasteiger partial charge is 0.326 e. The van der Waals surface area contributed by atoms with Crippen molar-refractivity contribution in [1.82, 2.24) is 4.90 Å². The van der Waals surface area contributed by atoms with Gasteiger partial charge >= 0.3 is 5.97 Å². The quantitative estimate of drug-likeness (QED) is 0.796. The molecule has 0 aromatic carbocycles. The molecule has 2 aliphatic rings. The molecule has 0 aromatic rings. The third kappa shape index (κ3) is 2.44. The van der Waals surface area contributed by atoms with Crippen LogP contribution in [0.15, 0.2) is 0 Å². The number of hydrogen-bond donors (Lipinski definition) is 1. The third-order valence-corrected chi connectivity index (χ3v) is 3.87. The van der Waals surface area contributed by atoms with Gasteiger partial charge in [0.1, 0.15) is 6.04 Å². The van der Waals surface area contributed by atoms with Crippen LogP contribution in [0.4, 0.5) is 0 Å². The van der Waals surface area contributed by atoms with Crippen molar-refractivity contribution in [3.05, 3.63) is 0 Å². The van der Waals surface area contributed by atoms with Crippen LogP contribution in [0.25, 0.3) is 0 Å². The van der Waals surface area contributed by atoms with E-state index in [1.54, 1.807) is 7.11 Å². The van der Waals surface area contributed by atoms with Crippen LogP contribution >= 0.6 is 0 Å². The van der Waals surface area contributed by atoms with Crippen LogP contribution in [-0.2, 0) is 14.3 Å². The summed E-state index contributed by atoms with van der Waals surface area (Å²) >= 11 is 0. The van der Waals surface area contributed by atoms with E-state index in [-0.39, 0.29) is 17.9 Å². The Kier molecular flexibility index (Phi) is 3.66. The van der Waals surface area contributed by atoms with Crippen LogP contribution in [0.1, 0.15) is 32.1 Å². The van der Waals surface area contributed by atoms with Crippen LogP contribution in [0.2, 0.25) is 0 Å². The lowest BCUT2D eigenvalue weighted by atomic mass is 10.1. The fourth-order valence-electron chi connectivity index (χ4n) is 2.85. The van der Waals surface area contributed by atoms with Gasteiger partial charge in [-0.3, -0.25) is 4.79 Å². The molecule has 5 nitrogen and oxygen atoms in total. The lowest BCUT2D eigenvalue weighted by molar-refractivity contribution is -0.149. The van der Waals surface area contributed by atoms with Crippen molar-refractivity contribution < 1.29 is 19.4 Å². The predicted molar refractivity (Wildman–Crippen MR) is 60.5 cm³/mol. The van der Waals surface area contributed by atoms with E-state index < -0.39 is 12.0 Å². The van der Waals surface area contributed by atoms with E-state index in [0.29, 0.717) is 13.0 Å². The summed E-state index contributed by atoms with van der Waals surface area (Å²) in [6.45, 7) is 0.419. The molecule has 0 spiro atoms. The molecule has 5 heteroatoms. The molecular formula is C12H19NO4. The SMILES string of the molecule is COC1CC(C(=O)O)N(C(=O)C2CCCC2)C1. The van der Waals surface area contributed by atoms with E-state index >= 15 is 0 Å². The monoisotopic (exact) mass is 241 g/mol. The molecule has 1 N–H and O–H groups in total. The molecule has 2 fully saturated rings. The maximum Gasteiger partial charge on any atom is 0.326 e. The third-order valence-electron chi connectivity index (χ3n) is 3.87. The minimum atomic E-state index is -0.920. The molecule has 1 saturated carbocycles. The standard InChI is InChI=1S/C12H19NO4/c1-17-9-6-10(12(15)16)13(7-9)11(14)8-4-2-3-5-8/h8-10H,2-7H2,1H3,(H,15,16). The van der Waals surface area contributed by atoms with E-state index in [1.807, 2.05) is 0 Å². The highest BCUT2D eigenvalue weighted by Gasteiger charge is 2.42. The first-order valence-corrected chi connectivity index (χ1v) is 6.19. The fraction of sp³-hybridized carbons (Fsp3) is 0.833. The zero-order chi connectivity index (χ0) is 12.4. The highest BCUT2D eigenvalue weighted by Crippen LogP contribution is 2.30. The second-order valence-electron chi connectivity index (χ2n) is 4.92. The Morgan fingerprint density at radius 2 is 1.94 bits per heavy atom. The number of amides is 1. The average Bonchev–Trinajstić information content (AvgIpc) is 2.97. The van der Waals surface area contributed by atoms with Crippen LogP contribution in [0.3, 0.4) is 0 Å². The fourth-order valence-corrected chi connectivity index (χ4v) is 2.85. The van der Waals surface area contributed by atoms with Gasteiger partial charge in [-0.05, 0) is 12.8 Å². The number of ether oxygens (including phenoxy) is 1. The maximum absolute atomic E-state index is 12.2. The normalized spacial score (nSPS) is 29.8. The molecule has 1 aliphatic carbocycles. The van der Waals surface area contributed by atoms with Gasteiger partial charge < -0.3 is 14.7 Å². The van der Waals surface area contributed by atoms with Crippen molar-refractivity contribution in [2.75, 3.05) is 13.7 Å². The second kappa shape index (κ2) is 5.04. The Morgan fingerprint density at radius 1 is 1.29 bits per heavy atom. The molecule has 96 valence electrons. The van der Waals surface area contributed by atoms with Gasteiger partial charge in [-0.1, -0.05) is 12.8 Å². The van der Waals surface area contributed by atoms with Gasteiger partial charge in [0.15, 0.2) is 0 Å². The summed E-state index contributed by atoms with van der Waals surface area (Å²) in [5, 5.41) is 9.14. The number of rotatable bonds is 3. The molecule has 17 heavy (non-hydrogen) atoms. The van der Waals surface area contributed by atoms with Crippen LogP contribution in [0.5, 0.6) is 0 Å². The Labute approximate surface area is 101 Å². The first-order chi connectivity index (χ1) is 8.13. The number of likely N-dealkylation sites (tertiary alicyclic amines) is 1. The molecule has 0 aromatic heterocycles. The van der Waals surface area contributed by atoms with E-state index in [0.717, 1.165) is 25.7 Å². The van der Waals surface area contributed by atoms with Crippen LogP contribution < -0.4 is 0 Å². The molecule has 0 bridgehead atoms. The topological polar surface area (TPSA) is 66.8 Å². The highest BCUT2D eigenvalue weighted by atomic mass is 16.5. The summed E-state index contributed by atoms with van der Waals surface area (Å²) < 4.78 is 5.18. The van der Waals surface area contributed by atoms with E-state index in [2.05, 4.69) is 0 Å². The number of carbonyl (C=O) groups excluding carboxylic acids is 1. The predicted octanol–water partition coefficient (Wildman–Crippen LogP) is 0.877. The molecule has 1 saturated heterocycles. The van der Waals surface area contributed by atoms with Crippen molar-refractivity contribution in [2.24, 2.45) is 5.92 Å². The van der Waals surface area contributed by atoms with Crippen molar-refractivity contribution in [3.63, 3.8) is 0 Å². The van der Waals surface area contributed by atoms with Gasteiger partial charge in [0, 0.05) is 26.0 Å². The van der Waals surface area contributed by atoms with E-state index in [4.69, 9.17) is 9.84 Å². The van der Waals surface area contributed by atoms with Crippen molar-refractivity contribution in [2.45, 2.75) is 44.2 Å². The molecule has 2 rings (SSSR count). The first-order valence-electron chi connectivity index (χ1n) is 6.19. The Hall–Kier alpha value is -1.10. The molecule has 1 amide bonds. The Bertz CT molecular complexity index is 312. The summed E-state index contributed by atoms with van der Waals surface area (Å²) in [5.74, 6) is -0.877. The number of methoxy groups -OCH3 is 1. The van der Waals surface area contributed by atoms with Gasteiger partial charge in [-0.2, -0.15) is 0 Å². The summed E-state index contributed by atoms with van der Waals surface area (Å²) in [7, 11) is 1.56. The van der Waals surface area contributed by atoms with Gasteiger partial charge in [0.2, 0.25) is 5.91 Å². The van der Waals surface area contributed by atoms with Crippen molar-refractivity contribution in [3.8, 4) is 0 Å². The minimum absolute atomic E-state index is 0.00875. The number of carboxylic acids is 1. The lowest BCUT2D eigenvalue weighted by Crippen LogP contribution is -2.43. The summed E-state index contributed by atoms with van der Waals surface area (Å²) in [4.78, 5) is 24.9. The van der Waals surface area contributed by atoms with Crippen molar-refractivity contribution in [1.29, 1.82) is 0 Å². The van der Waals surface area contributed by atoms with Gasteiger partial charge in [-0.15, -0.1) is 0 Å². The summed E-state index contributed by atoms with van der Waals surface area (Å²) in [5.41, 5.74) is 0. The second-order valence-corrected chi connectivity index (χ2v) is 4.92. The Morgan fingerprint density at radius 3 is 2.47 bits per heavy atom. The summed E-state index contributed by atoms with van der Waals surface area (Å²) in [6.07, 6.45) is 4.23.